The quantitative estimate of drug-likeness (QED) is 0.620. The second kappa shape index (κ2) is 5.21. The van der Waals surface area contributed by atoms with Crippen LogP contribution in [0.2, 0.25) is 0 Å². The summed E-state index contributed by atoms with van der Waals surface area (Å²) < 4.78 is 1.93. The molecule has 0 aliphatic carbocycles. The molecule has 8 nitrogen and oxygen atoms in total. The van der Waals surface area contributed by atoms with Gasteiger partial charge in [0.2, 0.25) is 5.95 Å². The van der Waals surface area contributed by atoms with Crippen LogP contribution in [0.15, 0.2) is 24.8 Å². The van der Waals surface area contributed by atoms with E-state index >= 15 is 0 Å². The third kappa shape index (κ3) is 2.78. The first-order valence-corrected chi connectivity index (χ1v) is 5.33. The van der Waals surface area contributed by atoms with Crippen LogP contribution in [0.1, 0.15) is 5.82 Å². The van der Waals surface area contributed by atoms with Crippen LogP contribution in [-0.2, 0) is 13.5 Å². The number of aryl methyl sites for hydroxylation is 1. The summed E-state index contributed by atoms with van der Waals surface area (Å²) in [6.07, 6.45) is 6.69. The Morgan fingerprint density at radius 2 is 2.11 bits per heavy atom. The Bertz CT molecular complexity index is 536. The molecular formula is C10H12N6O2. The Morgan fingerprint density at radius 3 is 2.67 bits per heavy atom. The number of aromatic nitrogens is 4. The van der Waals surface area contributed by atoms with E-state index in [-0.39, 0.29) is 5.69 Å². The van der Waals surface area contributed by atoms with Crippen LogP contribution in [0, 0.1) is 10.1 Å². The van der Waals surface area contributed by atoms with Crippen molar-refractivity contribution in [3.63, 3.8) is 0 Å². The van der Waals surface area contributed by atoms with Crippen molar-refractivity contribution in [2.75, 3.05) is 11.9 Å². The zero-order chi connectivity index (χ0) is 13.0. The van der Waals surface area contributed by atoms with Crippen molar-refractivity contribution in [3.8, 4) is 0 Å². The SMILES string of the molecule is Cn1ccnc1CCNc1ncc([N+](=O)[O-])cn1. The molecule has 2 aromatic rings. The molecule has 8 heteroatoms. The van der Waals surface area contributed by atoms with Gasteiger partial charge in [0, 0.05) is 32.4 Å². The van der Waals surface area contributed by atoms with Crippen LogP contribution in [0.3, 0.4) is 0 Å². The molecule has 0 saturated carbocycles. The molecule has 0 aromatic carbocycles. The van der Waals surface area contributed by atoms with Crippen LogP contribution >= 0.6 is 0 Å². The van der Waals surface area contributed by atoms with Gasteiger partial charge in [-0.25, -0.2) is 15.0 Å². The summed E-state index contributed by atoms with van der Waals surface area (Å²) in [4.78, 5) is 21.8. The zero-order valence-corrected chi connectivity index (χ0v) is 9.78. The van der Waals surface area contributed by atoms with Gasteiger partial charge in [-0.05, 0) is 0 Å². The molecule has 94 valence electrons. The standard InChI is InChI=1S/C10H12N6O2/c1-15-5-4-11-9(15)2-3-12-10-13-6-8(7-14-10)16(17)18/h4-7H,2-3H2,1H3,(H,12,13,14). The molecule has 2 heterocycles. The molecule has 0 unspecified atom stereocenters. The van der Waals surface area contributed by atoms with Gasteiger partial charge in [-0.3, -0.25) is 10.1 Å². The molecule has 0 spiro atoms. The first-order chi connectivity index (χ1) is 8.66. The number of nitrogens with one attached hydrogen (secondary N) is 1. The molecule has 0 aliphatic heterocycles. The number of anilines is 1. The number of hydrogen-bond acceptors (Lipinski definition) is 6. The number of nitro groups is 1. The Balaban J connectivity index is 1.87. The monoisotopic (exact) mass is 248 g/mol. The van der Waals surface area contributed by atoms with Crippen molar-refractivity contribution >= 4 is 11.6 Å². The molecule has 0 amide bonds. The Kier molecular flexibility index (Phi) is 3.46. The summed E-state index contributed by atoms with van der Waals surface area (Å²) in [6.45, 7) is 0.614. The minimum Gasteiger partial charge on any atom is -0.354 e. The topological polar surface area (TPSA) is 98.8 Å². The summed E-state index contributed by atoms with van der Waals surface area (Å²) in [7, 11) is 1.92. The Labute approximate surface area is 103 Å². The van der Waals surface area contributed by atoms with E-state index in [1.54, 1.807) is 6.20 Å². The van der Waals surface area contributed by atoms with Gasteiger partial charge in [0.05, 0.1) is 4.92 Å². The van der Waals surface area contributed by atoms with Crippen molar-refractivity contribution in [1.82, 2.24) is 19.5 Å². The molecule has 0 saturated heterocycles. The average molecular weight is 248 g/mol. The molecule has 0 atom stereocenters. The van der Waals surface area contributed by atoms with Crippen LogP contribution < -0.4 is 5.32 Å². The van der Waals surface area contributed by atoms with E-state index in [4.69, 9.17) is 0 Å². The highest BCUT2D eigenvalue weighted by Crippen LogP contribution is 2.08. The molecule has 2 rings (SSSR count). The van der Waals surface area contributed by atoms with Gasteiger partial charge in [0.15, 0.2) is 0 Å². The van der Waals surface area contributed by atoms with E-state index in [0.29, 0.717) is 12.5 Å². The van der Waals surface area contributed by atoms with Gasteiger partial charge in [0.25, 0.3) is 0 Å². The highest BCUT2D eigenvalue weighted by atomic mass is 16.6. The second-order valence-corrected chi connectivity index (χ2v) is 3.65. The molecular weight excluding hydrogens is 236 g/mol. The van der Waals surface area contributed by atoms with Gasteiger partial charge < -0.3 is 9.88 Å². The van der Waals surface area contributed by atoms with Gasteiger partial charge in [-0.2, -0.15) is 0 Å². The minimum atomic E-state index is -0.530. The predicted octanol–water partition coefficient (Wildman–Crippen LogP) is 0.773. The highest BCUT2D eigenvalue weighted by molar-refractivity contribution is 5.30. The minimum absolute atomic E-state index is 0.121. The van der Waals surface area contributed by atoms with Crippen LogP contribution in [-0.4, -0.2) is 31.0 Å². The lowest BCUT2D eigenvalue weighted by Crippen LogP contribution is -2.10. The molecule has 0 aliphatic rings. The third-order valence-corrected chi connectivity index (χ3v) is 2.40. The van der Waals surface area contributed by atoms with E-state index in [0.717, 1.165) is 12.2 Å². The van der Waals surface area contributed by atoms with E-state index < -0.39 is 4.92 Å². The molecule has 0 fully saturated rings. The van der Waals surface area contributed by atoms with Gasteiger partial charge in [-0.1, -0.05) is 0 Å². The van der Waals surface area contributed by atoms with E-state index in [1.807, 2.05) is 17.8 Å². The number of hydrogen-bond donors (Lipinski definition) is 1. The fourth-order valence-electron chi connectivity index (χ4n) is 1.43. The fourth-order valence-corrected chi connectivity index (χ4v) is 1.43. The maximum absolute atomic E-state index is 10.4. The summed E-state index contributed by atoms with van der Waals surface area (Å²) in [5.74, 6) is 1.32. The lowest BCUT2D eigenvalue weighted by Gasteiger charge is -2.04. The number of rotatable bonds is 5. The number of imidazole rings is 1. The molecule has 1 N–H and O–H groups in total. The maximum atomic E-state index is 10.4. The van der Waals surface area contributed by atoms with Crippen LogP contribution in [0.25, 0.3) is 0 Å². The lowest BCUT2D eigenvalue weighted by atomic mass is 10.4. The van der Waals surface area contributed by atoms with Gasteiger partial charge >= 0.3 is 5.69 Å². The summed E-state index contributed by atoms with van der Waals surface area (Å²) in [5, 5.41) is 13.4. The maximum Gasteiger partial charge on any atom is 0.305 e. The molecule has 2 aromatic heterocycles. The molecule has 18 heavy (non-hydrogen) atoms. The van der Waals surface area contributed by atoms with Crippen LogP contribution in [0.5, 0.6) is 0 Å². The fraction of sp³-hybridized carbons (Fsp3) is 0.300. The van der Waals surface area contributed by atoms with Crippen molar-refractivity contribution < 1.29 is 4.92 Å². The number of nitrogens with zero attached hydrogens (tertiary/aromatic N) is 5. The van der Waals surface area contributed by atoms with Crippen LogP contribution in [0.4, 0.5) is 11.6 Å². The highest BCUT2D eigenvalue weighted by Gasteiger charge is 2.06. The largest absolute Gasteiger partial charge is 0.354 e. The second-order valence-electron chi connectivity index (χ2n) is 3.65. The molecule has 0 bridgehead atoms. The van der Waals surface area contributed by atoms with E-state index in [2.05, 4.69) is 20.3 Å². The average Bonchev–Trinajstić information content (AvgIpc) is 2.76. The summed E-state index contributed by atoms with van der Waals surface area (Å²) in [5.41, 5.74) is -0.121. The van der Waals surface area contributed by atoms with E-state index in [1.165, 1.54) is 12.4 Å². The van der Waals surface area contributed by atoms with Crippen molar-refractivity contribution in [2.24, 2.45) is 7.05 Å². The van der Waals surface area contributed by atoms with Crippen molar-refractivity contribution in [3.05, 3.63) is 40.7 Å². The summed E-state index contributed by atoms with van der Waals surface area (Å²) in [6, 6.07) is 0. The first kappa shape index (κ1) is 12.0. The Morgan fingerprint density at radius 1 is 1.39 bits per heavy atom. The predicted molar refractivity (Wildman–Crippen MR) is 64.1 cm³/mol. The van der Waals surface area contributed by atoms with Gasteiger partial charge in [0.1, 0.15) is 18.2 Å². The zero-order valence-electron chi connectivity index (χ0n) is 9.78. The Hall–Kier alpha value is -2.51. The lowest BCUT2D eigenvalue weighted by molar-refractivity contribution is -0.385. The summed E-state index contributed by atoms with van der Waals surface area (Å²) >= 11 is 0. The normalized spacial score (nSPS) is 10.3. The smallest absolute Gasteiger partial charge is 0.305 e. The third-order valence-electron chi connectivity index (χ3n) is 2.40. The van der Waals surface area contributed by atoms with Crippen molar-refractivity contribution in [1.29, 1.82) is 0 Å². The van der Waals surface area contributed by atoms with Crippen molar-refractivity contribution in [2.45, 2.75) is 6.42 Å². The molecule has 0 radical (unpaired) electrons. The van der Waals surface area contributed by atoms with Gasteiger partial charge in [-0.15, -0.1) is 0 Å². The first-order valence-electron chi connectivity index (χ1n) is 5.33. The van der Waals surface area contributed by atoms with E-state index in [9.17, 15) is 10.1 Å².